The normalized spacial score (nSPS) is 13.5. The van der Waals surface area contributed by atoms with Crippen molar-refractivity contribution in [3.63, 3.8) is 0 Å². The summed E-state index contributed by atoms with van der Waals surface area (Å²) in [4.78, 5) is 50.3. The number of carboxylic acid groups (broad SMARTS) is 1. The minimum Gasteiger partial charge on any atom is -0.479 e. The molecular formula is C22H25N3O6. The lowest BCUT2D eigenvalue weighted by molar-refractivity contribution is -0.171. The van der Waals surface area contributed by atoms with E-state index in [1.54, 1.807) is 60.7 Å². The van der Waals surface area contributed by atoms with Crippen molar-refractivity contribution in [2.75, 3.05) is 0 Å². The number of carbonyl (C=O) groups excluding carboxylic acids is 3. The molecular weight excluding hydrogens is 402 g/mol. The van der Waals surface area contributed by atoms with E-state index in [1.165, 1.54) is 6.92 Å². The molecule has 2 aromatic carbocycles. The van der Waals surface area contributed by atoms with Crippen LogP contribution >= 0.6 is 0 Å². The number of ether oxygens (including phenoxy) is 1. The standard InChI is InChI=1S/C22H25N3O6/c1-14(23)19(26)25(20(27)17(24)12-15-8-4-2-5-9-15)18(21(28)29)22(30)31-13-16-10-6-3-7-11-16/h2-11,14,17-18H,12-13,23-24H2,1H3,(H,28,29). The predicted molar refractivity (Wildman–Crippen MR) is 111 cm³/mol. The third-order valence-corrected chi connectivity index (χ3v) is 4.42. The summed E-state index contributed by atoms with van der Waals surface area (Å²) < 4.78 is 5.06. The van der Waals surface area contributed by atoms with Crippen LogP contribution in [-0.4, -0.2) is 51.9 Å². The SMILES string of the molecule is CC(N)C(=O)N(C(=O)C(N)Cc1ccccc1)C(C(=O)O)C(=O)OCc1ccccc1. The van der Waals surface area contributed by atoms with Crippen molar-refractivity contribution < 1.29 is 29.0 Å². The lowest BCUT2D eigenvalue weighted by Crippen LogP contribution is -2.60. The molecule has 3 atom stereocenters. The maximum Gasteiger partial charge on any atom is 0.341 e. The summed E-state index contributed by atoms with van der Waals surface area (Å²) in [5.41, 5.74) is 12.9. The van der Waals surface area contributed by atoms with Gasteiger partial charge >= 0.3 is 11.9 Å². The zero-order valence-corrected chi connectivity index (χ0v) is 17.0. The second-order valence-corrected chi connectivity index (χ2v) is 6.97. The van der Waals surface area contributed by atoms with Gasteiger partial charge in [0.15, 0.2) is 0 Å². The Kier molecular flexibility index (Phi) is 8.42. The molecule has 0 saturated carbocycles. The third kappa shape index (κ3) is 6.46. The number of hydrogen-bond acceptors (Lipinski definition) is 7. The van der Waals surface area contributed by atoms with Crippen molar-refractivity contribution >= 4 is 23.8 Å². The minimum atomic E-state index is -2.21. The van der Waals surface area contributed by atoms with Gasteiger partial charge in [-0.25, -0.2) is 9.59 Å². The molecule has 2 aromatic rings. The Labute approximate surface area is 179 Å². The van der Waals surface area contributed by atoms with Gasteiger partial charge in [-0.1, -0.05) is 60.7 Å². The minimum absolute atomic E-state index is 0.0355. The van der Waals surface area contributed by atoms with E-state index in [1.807, 2.05) is 0 Å². The van der Waals surface area contributed by atoms with E-state index in [2.05, 4.69) is 0 Å². The number of hydrogen-bond donors (Lipinski definition) is 3. The number of imide groups is 1. The van der Waals surface area contributed by atoms with Crippen LogP contribution in [0.15, 0.2) is 60.7 Å². The van der Waals surface area contributed by atoms with Crippen LogP contribution in [0, 0.1) is 0 Å². The predicted octanol–water partition coefficient (Wildman–Crippen LogP) is 0.455. The van der Waals surface area contributed by atoms with E-state index >= 15 is 0 Å². The molecule has 0 radical (unpaired) electrons. The largest absolute Gasteiger partial charge is 0.479 e. The number of rotatable bonds is 9. The van der Waals surface area contributed by atoms with Crippen molar-refractivity contribution in [2.24, 2.45) is 11.5 Å². The van der Waals surface area contributed by atoms with Gasteiger partial charge in [0.05, 0.1) is 12.1 Å². The van der Waals surface area contributed by atoms with Crippen LogP contribution in [0.1, 0.15) is 18.1 Å². The van der Waals surface area contributed by atoms with Gasteiger partial charge in [0, 0.05) is 0 Å². The van der Waals surface area contributed by atoms with Gasteiger partial charge in [-0.15, -0.1) is 0 Å². The van der Waals surface area contributed by atoms with Crippen molar-refractivity contribution in [2.45, 2.75) is 38.1 Å². The Bertz CT molecular complexity index is 917. The zero-order chi connectivity index (χ0) is 23.0. The molecule has 2 amide bonds. The summed E-state index contributed by atoms with van der Waals surface area (Å²) in [6.45, 7) is 1.05. The quantitative estimate of drug-likeness (QED) is 0.385. The number of amides is 2. The monoisotopic (exact) mass is 427 g/mol. The topological polar surface area (TPSA) is 153 Å². The molecule has 164 valence electrons. The number of nitrogens with two attached hydrogens (primary N) is 2. The van der Waals surface area contributed by atoms with Crippen molar-refractivity contribution in [1.82, 2.24) is 4.90 Å². The van der Waals surface area contributed by atoms with Gasteiger partial charge in [0.25, 0.3) is 0 Å². The van der Waals surface area contributed by atoms with Crippen molar-refractivity contribution in [3.05, 3.63) is 71.8 Å². The first-order chi connectivity index (χ1) is 14.7. The molecule has 0 bridgehead atoms. The van der Waals surface area contributed by atoms with Crippen molar-refractivity contribution in [1.29, 1.82) is 0 Å². The lowest BCUT2D eigenvalue weighted by Gasteiger charge is -2.29. The molecule has 3 unspecified atom stereocenters. The summed E-state index contributed by atoms with van der Waals surface area (Å²) in [5, 5.41) is 9.63. The van der Waals surface area contributed by atoms with Gasteiger partial charge in [-0.2, -0.15) is 0 Å². The number of nitrogens with zero attached hydrogens (tertiary/aromatic N) is 1. The van der Waals surface area contributed by atoms with Gasteiger partial charge < -0.3 is 21.3 Å². The third-order valence-electron chi connectivity index (χ3n) is 4.42. The average Bonchev–Trinajstić information content (AvgIpc) is 2.75. The number of aliphatic carboxylic acids is 1. The van der Waals surface area contributed by atoms with E-state index < -0.39 is 41.9 Å². The number of carboxylic acids is 1. The van der Waals surface area contributed by atoms with Crippen LogP contribution in [-0.2, 0) is 36.9 Å². The molecule has 31 heavy (non-hydrogen) atoms. The molecule has 2 rings (SSSR count). The summed E-state index contributed by atoms with van der Waals surface area (Å²) >= 11 is 0. The van der Waals surface area contributed by atoms with Gasteiger partial charge in [-0.05, 0) is 24.5 Å². The Morgan fingerprint density at radius 2 is 1.42 bits per heavy atom. The van der Waals surface area contributed by atoms with E-state index in [-0.39, 0.29) is 13.0 Å². The first-order valence-electron chi connectivity index (χ1n) is 9.57. The summed E-state index contributed by atoms with van der Waals surface area (Å²) in [7, 11) is 0. The maximum atomic E-state index is 13.0. The zero-order valence-electron chi connectivity index (χ0n) is 17.0. The van der Waals surface area contributed by atoms with Gasteiger partial charge in [0.2, 0.25) is 17.9 Å². The highest BCUT2D eigenvalue weighted by atomic mass is 16.5. The molecule has 0 heterocycles. The van der Waals surface area contributed by atoms with Crippen LogP contribution in [0.25, 0.3) is 0 Å². The molecule has 0 saturated heterocycles. The first kappa shape index (κ1) is 23.7. The second kappa shape index (κ2) is 11.0. The highest BCUT2D eigenvalue weighted by Crippen LogP contribution is 2.12. The Morgan fingerprint density at radius 3 is 1.90 bits per heavy atom. The maximum absolute atomic E-state index is 13.0. The summed E-state index contributed by atoms with van der Waals surface area (Å²) in [6.07, 6.45) is 0.0355. The molecule has 0 aliphatic heterocycles. The van der Waals surface area contributed by atoms with Crippen LogP contribution in [0.3, 0.4) is 0 Å². The molecule has 9 heteroatoms. The Morgan fingerprint density at radius 1 is 0.903 bits per heavy atom. The molecule has 0 aromatic heterocycles. The average molecular weight is 427 g/mol. The number of esters is 1. The van der Waals surface area contributed by atoms with Crippen LogP contribution in [0.2, 0.25) is 0 Å². The van der Waals surface area contributed by atoms with E-state index in [4.69, 9.17) is 16.2 Å². The van der Waals surface area contributed by atoms with Crippen LogP contribution in [0.5, 0.6) is 0 Å². The second-order valence-electron chi connectivity index (χ2n) is 6.97. The van der Waals surface area contributed by atoms with E-state index in [9.17, 15) is 24.3 Å². The van der Waals surface area contributed by atoms with E-state index in [0.717, 1.165) is 0 Å². The molecule has 5 N–H and O–H groups in total. The smallest absolute Gasteiger partial charge is 0.341 e. The first-order valence-corrected chi connectivity index (χ1v) is 9.57. The molecule has 0 spiro atoms. The Balaban J connectivity index is 2.26. The number of benzene rings is 2. The summed E-state index contributed by atoms with van der Waals surface area (Å²) in [6, 6.07) is 12.6. The summed E-state index contributed by atoms with van der Waals surface area (Å²) in [5.74, 6) is -5.08. The fraction of sp³-hybridized carbons (Fsp3) is 0.273. The molecule has 0 fully saturated rings. The van der Waals surface area contributed by atoms with Crippen LogP contribution < -0.4 is 11.5 Å². The molecule has 0 aliphatic carbocycles. The fourth-order valence-electron chi connectivity index (χ4n) is 2.84. The molecule has 0 aliphatic rings. The van der Waals surface area contributed by atoms with Crippen molar-refractivity contribution in [3.8, 4) is 0 Å². The van der Waals surface area contributed by atoms with Crippen LogP contribution in [0.4, 0.5) is 0 Å². The fourth-order valence-corrected chi connectivity index (χ4v) is 2.84. The van der Waals surface area contributed by atoms with Gasteiger partial charge in [-0.3, -0.25) is 14.5 Å². The highest BCUT2D eigenvalue weighted by Gasteiger charge is 2.43. The van der Waals surface area contributed by atoms with Gasteiger partial charge in [0.1, 0.15) is 6.61 Å². The van der Waals surface area contributed by atoms with E-state index in [0.29, 0.717) is 16.0 Å². The number of carbonyl (C=O) groups is 4. The lowest BCUT2D eigenvalue weighted by atomic mass is 10.0. The molecule has 9 nitrogen and oxygen atoms in total. The highest BCUT2D eigenvalue weighted by molar-refractivity contribution is 6.10. The Hall–Kier alpha value is -3.56.